The van der Waals surface area contributed by atoms with Crippen LogP contribution in [0, 0.1) is 5.92 Å². The lowest BCUT2D eigenvalue weighted by Crippen LogP contribution is -2.36. The number of hydrogen-bond donors (Lipinski definition) is 0. The van der Waals surface area contributed by atoms with Crippen LogP contribution in [0.2, 0.25) is 0 Å². The van der Waals surface area contributed by atoms with Crippen molar-refractivity contribution in [3.05, 3.63) is 41.5 Å². The first kappa shape index (κ1) is 21.5. The van der Waals surface area contributed by atoms with Gasteiger partial charge in [-0.2, -0.15) is 0 Å². The summed E-state index contributed by atoms with van der Waals surface area (Å²) in [5.41, 5.74) is 2.31. The summed E-state index contributed by atoms with van der Waals surface area (Å²) in [6, 6.07) is 10.4. The summed E-state index contributed by atoms with van der Waals surface area (Å²) in [5.74, 6) is 1.88. The van der Waals surface area contributed by atoms with Crippen LogP contribution in [0.3, 0.4) is 0 Å². The monoisotopic (exact) mass is 450 g/mol. The van der Waals surface area contributed by atoms with Crippen LogP contribution in [-0.2, 0) is 4.74 Å². The topological polar surface area (TPSA) is 58.6 Å². The van der Waals surface area contributed by atoms with Crippen LogP contribution in [0.15, 0.2) is 35.7 Å². The summed E-state index contributed by atoms with van der Waals surface area (Å²) >= 11 is 1.61. The van der Waals surface area contributed by atoms with Crippen LogP contribution in [0.1, 0.15) is 36.3 Å². The molecule has 2 aromatic heterocycles. The van der Waals surface area contributed by atoms with E-state index in [1.807, 2.05) is 6.07 Å². The fourth-order valence-corrected chi connectivity index (χ4v) is 5.81. The van der Waals surface area contributed by atoms with Crippen LogP contribution < -0.4 is 4.90 Å². The smallest absolute Gasteiger partial charge is 0.214 e. The number of carbonyl (C=O) groups excluding carboxylic acids is 1. The Morgan fingerprint density at radius 3 is 2.56 bits per heavy atom. The second-order valence-electron chi connectivity index (χ2n) is 8.86. The number of ketones is 1. The molecule has 0 unspecified atom stereocenters. The largest absolute Gasteiger partial charge is 0.384 e. The Morgan fingerprint density at radius 1 is 1.09 bits per heavy atom. The van der Waals surface area contributed by atoms with Crippen LogP contribution in [0.25, 0.3) is 21.3 Å². The van der Waals surface area contributed by atoms with E-state index in [4.69, 9.17) is 14.7 Å². The highest BCUT2D eigenvalue weighted by Crippen LogP contribution is 2.39. The number of methoxy groups -OCH3 is 1. The second kappa shape index (κ2) is 9.65. The first-order valence-electron chi connectivity index (χ1n) is 11.6. The van der Waals surface area contributed by atoms with Crippen molar-refractivity contribution < 1.29 is 9.53 Å². The molecule has 0 bridgehead atoms. The Morgan fingerprint density at radius 2 is 1.84 bits per heavy atom. The molecule has 0 spiro atoms. The van der Waals surface area contributed by atoms with E-state index in [0.29, 0.717) is 18.3 Å². The van der Waals surface area contributed by atoms with E-state index >= 15 is 0 Å². The molecule has 0 saturated carbocycles. The van der Waals surface area contributed by atoms with Gasteiger partial charge in [-0.05, 0) is 50.3 Å². The predicted octanol–water partition coefficient (Wildman–Crippen LogP) is 4.50. The molecule has 0 atom stereocenters. The lowest BCUT2D eigenvalue weighted by atomic mass is 9.97. The van der Waals surface area contributed by atoms with Crippen LogP contribution in [-0.4, -0.2) is 67.1 Å². The van der Waals surface area contributed by atoms with Crippen molar-refractivity contribution in [2.75, 3.05) is 51.3 Å². The Hall–Kier alpha value is -2.35. The third kappa shape index (κ3) is 4.42. The van der Waals surface area contributed by atoms with Gasteiger partial charge in [0, 0.05) is 37.7 Å². The number of benzene rings is 1. The highest BCUT2D eigenvalue weighted by Gasteiger charge is 2.27. The molecule has 6 nitrogen and oxygen atoms in total. The Balaban J connectivity index is 1.53. The van der Waals surface area contributed by atoms with Crippen LogP contribution in [0.4, 0.5) is 5.82 Å². The first-order chi connectivity index (χ1) is 15.7. The average molecular weight is 451 g/mol. The van der Waals surface area contributed by atoms with E-state index in [0.717, 1.165) is 72.8 Å². The minimum atomic E-state index is 0.0268. The molecule has 0 radical (unpaired) electrons. The molecule has 32 heavy (non-hydrogen) atoms. The molecule has 0 N–H and O–H groups in total. The fraction of sp³-hybridized carbons (Fsp3) is 0.480. The Labute approximate surface area is 193 Å². The molecule has 168 valence electrons. The second-order valence-corrected chi connectivity index (χ2v) is 9.72. The molecule has 2 fully saturated rings. The zero-order chi connectivity index (χ0) is 21.9. The molecular weight excluding hydrogens is 420 g/mol. The van der Waals surface area contributed by atoms with Gasteiger partial charge >= 0.3 is 0 Å². The third-order valence-electron chi connectivity index (χ3n) is 6.63. The van der Waals surface area contributed by atoms with Crippen molar-refractivity contribution in [3.8, 4) is 11.1 Å². The SMILES string of the molecule is COCC1CCN(c2nc(C(=O)CN3CCCC3)nc3scc(-c4ccccc4)c23)CC1. The van der Waals surface area contributed by atoms with Crippen molar-refractivity contribution in [2.45, 2.75) is 25.7 Å². The normalized spacial score (nSPS) is 18.0. The van der Waals surface area contributed by atoms with Crippen molar-refractivity contribution in [1.82, 2.24) is 14.9 Å². The van der Waals surface area contributed by atoms with Gasteiger partial charge in [-0.25, -0.2) is 9.97 Å². The summed E-state index contributed by atoms with van der Waals surface area (Å²) in [6.45, 7) is 5.04. The number of likely N-dealkylation sites (tertiary alicyclic amines) is 1. The summed E-state index contributed by atoms with van der Waals surface area (Å²) < 4.78 is 5.38. The van der Waals surface area contributed by atoms with E-state index in [1.54, 1.807) is 18.4 Å². The number of rotatable bonds is 7. The molecule has 0 amide bonds. The van der Waals surface area contributed by atoms with Gasteiger partial charge in [0.2, 0.25) is 11.6 Å². The van der Waals surface area contributed by atoms with E-state index in [2.05, 4.69) is 39.4 Å². The molecular formula is C25H30N4O2S. The number of piperidine rings is 1. The highest BCUT2D eigenvalue weighted by molar-refractivity contribution is 7.17. The molecule has 2 aliphatic rings. The zero-order valence-electron chi connectivity index (χ0n) is 18.6. The van der Waals surface area contributed by atoms with Crippen LogP contribution >= 0.6 is 11.3 Å². The molecule has 5 rings (SSSR count). The van der Waals surface area contributed by atoms with Gasteiger partial charge < -0.3 is 9.64 Å². The predicted molar refractivity (Wildman–Crippen MR) is 130 cm³/mol. The quantitative estimate of drug-likeness (QED) is 0.494. The zero-order valence-corrected chi connectivity index (χ0v) is 19.4. The summed E-state index contributed by atoms with van der Waals surface area (Å²) in [6.07, 6.45) is 4.48. The number of thiophene rings is 1. The maximum Gasteiger partial charge on any atom is 0.214 e. The van der Waals surface area contributed by atoms with Crippen molar-refractivity contribution in [3.63, 3.8) is 0 Å². The van der Waals surface area contributed by atoms with Crippen LogP contribution in [0.5, 0.6) is 0 Å². The number of Topliss-reactive ketones (excluding diaryl/α,β-unsaturated/α-hetero) is 1. The number of nitrogens with zero attached hydrogens (tertiary/aromatic N) is 4. The number of carbonyl (C=O) groups is 1. The van der Waals surface area contributed by atoms with Crippen molar-refractivity contribution in [2.24, 2.45) is 5.92 Å². The van der Waals surface area contributed by atoms with Gasteiger partial charge in [-0.3, -0.25) is 9.69 Å². The number of aromatic nitrogens is 2. The fourth-order valence-electron chi connectivity index (χ4n) is 4.87. The molecule has 4 heterocycles. The molecule has 2 saturated heterocycles. The van der Waals surface area contributed by atoms with E-state index in [1.165, 1.54) is 12.8 Å². The highest BCUT2D eigenvalue weighted by atomic mass is 32.1. The van der Waals surface area contributed by atoms with Gasteiger partial charge in [0.1, 0.15) is 10.6 Å². The minimum absolute atomic E-state index is 0.0268. The van der Waals surface area contributed by atoms with Gasteiger partial charge in [0.25, 0.3) is 0 Å². The van der Waals surface area contributed by atoms with Crippen molar-refractivity contribution in [1.29, 1.82) is 0 Å². The number of hydrogen-bond acceptors (Lipinski definition) is 7. The summed E-state index contributed by atoms with van der Waals surface area (Å²) in [7, 11) is 1.77. The van der Waals surface area contributed by atoms with Gasteiger partial charge in [-0.15, -0.1) is 11.3 Å². The van der Waals surface area contributed by atoms with Gasteiger partial charge in [0.05, 0.1) is 11.9 Å². The average Bonchev–Trinajstić information content (AvgIpc) is 3.50. The Bertz CT molecular complexity index is 1070. The summed E-state index contributed by atoms with van der Waals surface area (Å²) in [4.78, 5) is 28.2. The number of fused-ring (bicyclic) bond motifs is 1. The molecule has 1 aromatic carbocycles. The number of anilines is 1. The minimum Gasteiger partial charge on any atom is -0.384 e. The molecule has 3 aromatic rings. The molecule has 0 aliphatic carbocycles. The van der Waals surface area contributed by atoms with E-state index < -0.39 is 0 Å². The van der Waals surface area contributed by atoms with E-state index in [9.17, 15) is 4.79 Å². The Kier molecular flexibility index (Phi) is 6.48. The third-order valence-corrected chi connectivity index (χ3v) is 7.50. The first-order valence-corrected chi connectivity index (χ1v) is 12.4. The lowest BCUT2D eigenvalue weighted by molar-refractivity contribution is 0.0935. The maximum absolute atomic E-state index is 13.1. The lowest BCUT2D eigenvalue weighted by Gasteiger charge is -2.33. The number of ether oxygens (including phenoxy) is 1. The molecule has 7 heteroatoms. The maximum atomic E-state index is 13.1. The van der Waals surface area contributed by atoms with Crippen molar-refractivity contribution >= 4 is 33.2 Å². The van der Waals surface area contributed by atoms with E-state index in [-0.39, 0.29) is 5.78 Å². The van der Waals surface area contributed by atoms with Gasteiger partial charge in [0.15, 0.2) is 0 Å². The molecule has 2 aliphatic heterocycles. The standard InChI is InChI=1S/C25H30N4O2S/c1-31-16-18-9-13-29(14-10-18)24-22-20(19-7-3-2-4-8-19)17-32-25(22)27-23(26-24)21(30)15-28-11-5-6-12-28/h2-4,7-8,17-18H,5-6,9-16H2,1H3. The summed E-state index contributed by atoms with van der Waals surface area (Å²) in [5, 5.41) is 3.23. The van der Waals surface area contributed by atoms with Gasteiger partial charge in [-0.1, -0.05) is 30.3 Å².